The van der Waals surface area contributed by atoms with Crippen LogP contribution in [0.4, 0.5) is 4.79 Å². The molecule has 3 aliphatic rings. The van der Waals surface area contributed by atoms with Crippen molar-refractivity contribution in [2.75, 3.05) is 19.8 Å². The van der Waals surface area contributed by atoms with Crippen LogP contribution in [-0.4, -0.2) is 55.0 Å². The maximum Gasteiger partial charge on any atom is 0.407 e. The van der Waals surface area contributed by atoms with E-state index in [4.69, 9.17) is 9.47 Å². The molecule has 1 aliphatic heterocycles. The van der Waals surface area contributed by atoms with Gasteiger partial charge in [-0.1, -0.05) is 48.5 Å². The van der Waals surface area contributed by atoms with Crippen LogP contribution in [0.2, 0.25) is 0 Å². The molecule has 2 amide bonds. The Morgan fingerprint density at radius 1 is 1.03 bits per heavy atom. The number of aliphatic carboxylic acids is 1. The number of hydrogen-bond donors (Lipinski definition) is 3. The van der Waals surface area contributed by atoms with E-state index in [0.717, 1.165) is 11.1 Å². The van der Waals surface area contributed by atoms with E-state index in [1.165, 1.54) is 11.1 Å². The highest BCUT2D eigenvalue weighted by atomic mass is 16.5. The van der Waals surface area contributed by atoms with Crippen molar-refractivity contribution >= 4 is 18.0 Å². The zero-order valence-electron chi connectivity index (χ0n) is 19.7. The molecule has 1 saturated heterocycles. The first-order valence-corrected chi connectivity index (χ1v) is 12.1. The van der Waals surface area contributed by atoms with Gasteiger partial charge in [-0.2, -0.15) is 0 Å². The number of carbonyl (C=O) groups excluding carboxylic acids is 2. The zero-order valence-corrected chi connectivity index (χ0v) is 19.7. The van der Waals surface area contributed by atoms with Gasteiger partial charge < -0.3 is 25.2 Å². The van der Waals surface area contributed by atoms with Crippen LogP contribution in [0.1, 0.15) is 43.2 Å². The molecule has 8 nitrogen and oxygen atoms in total. The van der Waals surface area contributed by atoms with Gasteiger partial charge in [0, 0.05) is 17.9 Å². The quantitative estimate of drug-likeness (QED) is 0.587. The van der Waals surface area contributed by atoms with E-state index in [1.807, 2.05) is 24.3 Å². The Morgan fingerprint density at radius 2 is 1.69 bits per heavy atom. The number of carboxylic acids is 1. The van der Waals surface area contributed by atoms with Crippen molar-refractivity contribution in [1.29, 1.82) is 0 Å². The summed E-state index contributed by atoms with van der Waals surface area (Å²) in [6.45, 7) is 2.09. The molecule has 5 rings (SSSR count). The number of rotatable bonds is 6. The number of hydrogen-bond acceptors (Lipinski definition) is 5. The highest BCUT2D eigenvalue weighted by Crippen LogP contribution is 2.44. The molecule has 0 spiro atoms. The molecule has 8 heteroatoms. The molecule has 0 bridgehead atoms. The Hall–Kier alpha value is -3.39. The minimum absolute atomic E-state index is 0.00701. The Balaban J connectivity index is 1.13. The summed E-state index contributed by atoms with van der Waals surface area (Å²) in [5, 5.41) is 15.3. The summed E-state index contributed by atoms with van der Waals surface area (Å²) in [5.41, 5.74) is 3.53. The lowest BCUT2D eigenvalue weighted by molar-refractivity contribution is -0.149. The van der Waals surface area contributed by atoms with Crippen LogP contribution in [0.15, 0.2) is 48.5 Å². The molecule has 2 aromatic rings. The van der Waals surface area contributed by atoms with Gasteiger partial charge >= 0.3 is 12.1 Å². The third kappa shape index (κ3) is 4.38. The van der Waals surface area contributed by atoms with Crippen molar-refractivity contribution in [2.45, 2.75) is 44.2 Å². The fraction of sp³-hybridized carbons (Fsp3) is 0.444. The zero-order chi connectivity index (χ0) is 24.6. The summed E-state index contributed by atoms with van der Waals surface area (Å²) in [5.74, 6) is -1.47. The van der Waals surface area contributed by atoms with Gasteiger partial charge in [-0.05, 0) is 48.4 Å². The van der Waals surface area contributed by atoms with Crippen LogP contribution in [-0.2, 0) is 19.1 Å². The van der Waals surface area contributed by atoms with Crippen molar-refractivity contribution in [3.8, 4) is 11.1 Å². The molecule has 4 atom stereocenters. The number of carbonyl (C=O) groups is 3. The van der Waals surface area contributed by atoms with Crippen LogP contribution in [0, 0.1) is 11.3 Å². The SMILES string of the molecule is CC1(C(=O)O)COCC1NC(=O)C1CCC(NC(=O)OCC2c3ccccc3-c3ccccc32)C1. The number of ether oxygens (including phenoxy) is 2. The highest BCUT2D eigenvalue weighted by Gasteiger charge is 2.48. The third-order valence-corrected chi connectivity index (χ3v) is 7.73. The second-order valence-electron chi connectivity index (χ2n) is 9.98. The summed E-state index contributed by atoms with van der Waals surface area (Å²) in [7, 11) is 0. The Bertz CT molecular complexity index is 1100. The molecule has 2 aliphatic carbocycles. The Labute approximate surface area is 204 Å². The first-order chi connectivity index (χ1) is 16.9. The number of benzene rings is 2. The smallest absolute Gasteiger partial charge is 0.407 e. The lowest BCUT2D eigenvalue weighted by Gasteiger charge is -2.26. The summed E-state index contributed by atoms with van der Waals surface area (Å²) >= 11 is 0. The van der Waals surface area contributed by atoms with Crippen molar-refractivity contribution in [2.24, 2.45) is 11.3 Å². The van der Waals surface area contributed by atoms with E-state index in [1.54, 1.807) is 6.92 Å². The van der Waals surface area contributed by atoms with Gasteiger partial charge in [0.1, 0.15) is 12.0 Å². The molecule has 1 saturated carbocycles. The lowest BCUT2D eigenvalue weighted by atomic mass is 9.85. The van der Waals surface area contributed by atoms with Crippen LogP contribution in [0.3, 0.4) is 0 Å². The van der Waals surface area contributed by atoms with Gasteiger partial charge in [0.15, 0.2) is 0 Å². The van der Waals surface area contributed by atoms with Crippen LogP contribution >= 0.6 is 0 Å². The third-order valence-electron chi connectivity index (χ3n) is 7.73. The monoisotopic (exact) mass is 478 g/mol. The van der Waals surface area contributed by atoms with Crippen molar-refractivity contribution in [3.63, 3.8) is 0 Å². The molecule has 1 heterocycles. The van der Waals surface area contributed by atoms with Gasteiger partial charge in [0.05, 0.1) is 19.3 Å². The fourth-order valence-corrected chi connectivity index (χ4v) is 5.53. The maximum atomic E-state index is 12.8. The predicted octanol–water partition coefficient (Wildman–Crippen LogP) is 3.30. The van der Waals surface area contributed by atoms with E-state index in [0.29, 0.717) is 19.3 Å². The molecule has 4 unspecified atom stereocenters. The van der Waals surface area contributed by atoms with Crippen molar-refractivity contribution in [1.82, 2.24) is 10.6 Å². The highest BCUT2D eigenvalue weighted by molar-refractivity contribution is 5.82. The van der Waals surface area contributed by atoms with Crippen LogP contribution in [0.5, 0.6) is 0 Å². The normalized spacial score (nSPS) is 27.2. The molecule has 0 radical (unpaired) electrons. The van der Waals surface area contributed by atoms with E-state index in [2.05, 4.69) is 34.9 Å². The topological polar surface area (TPSA) is 114 Å². The van der Waals surface area contributed by atoms with Crippen molar-refractivity contribution < 1.29 is 29.0 Å². The molecular formula is C27H30N2O6. The van der Waals surface area contributed by atoms with Gasteiger partial charge in [0.25, 0.3) is 0 Å². The maximum absolute atomic E-state index is 12.8. The van der Waals surface area contributed by atoms with Gasteiger partial charge in [0.2, 0.25) is 5.91 Å². The molecule has 2 fully saturated rings. The largest absolute Gasteiger partial charge is 0.481 e. The standard InChI is InChI=1S/C27H30N2O6/c1-27(25(31)32)15-34-14-23(27)29-24(30)16-10-11-17(12-16)28-26(33)35-13-22-20-8-4-2-6-18(20)19-7-3-5-9-21(19)22/h2-9,16-17,22-23H,10-15H2,1H3,(H,28,33)(H,29,30)(H,31,32). The summed E-state index contributed by atoms with van der Waals surface area (Å²) in [6, 6.07) is 15.6. The summed E-state index contributed by atoms with van der Waals surface area (Å²) < 4.78 is 10.9. The van der Waals surface area contributed by atoms with Crippen LogP contribution in [0.25, 0.3) is 11.1 Å². The lowest BCUT2D eigenvalue weighted by Crippen LogP contribution is -2.51. The molecule has 2 aromatic carbocycles. The minimum atomic E-state index is -1.13. The van der Waals surface area contributed by atoms with E-state index in [-0.39, 0.29) is 43.6 Å². The molecule has 3 N–H and O–H groups in total. The minimum Gasteiger partial charge on any atom is -0.481 e. The average molecular weight is 479 g/mol. The average Bonchev–Trinajstić information content (AvgIpc) is 3.55. The molecule has 0 aromatic heterocycles. The van der Waals surface area contributed by atoms with E-state index >= 15 is 0 Å². The molecular weight excluding hydrogens is 448 g/mol. The van der Waals surface area contributed by atoms with Crippen LogP contribution < -0.4 is 10.6 Å². The van der Waals surface area contributed by atoms with Gasteiger partial charge in [-0.3, -0.25) is 9.59 Å². The Morgan fingerprint density at radius 3 is 2.34 bits per heavy atom. The molecule has 184 valence electrons. The number of nitrogens with one attached hydrogen (secondary N) is 2. The van der Waals surface area contributed by atoms with Gasteiger partial charge in [-0.15, -0.1) is 0 Å². The second-order valence-corrected chi connectivity index (χ2v) is 9.98. The first kappa shape index (κ1) is 23.4. The van der Waals surface area contributed by atoms with Crippen molar-refractivity contribution in [3.05, 3.63) is 59.7 Å². The summed E-state index contributed by atoms with van der Waals surface area (Å²) in [4.78, 5) is 37.0. The molecule has 35 heavy (non-hydrogen) atoms. The fourth-order valence-electron chi connectivity index (χ4n) is 5.53. The van der Waals surface area contributed by atoms with E-state index in [9.17, 15) is 19.5 Å². The van der Waals surface area contributed by atoms with E-state index < -0.39 is 23.5 Å². The second kappa shape index (κ2) is 9.34. The number of alkyl carbamates (subject to hydrolysis) is 1. The number of fused-ring (bicyclic) bond motifs is 3. The number of carboxylic acid groups (broad SMARTS) is 1. The summed E-state index contributed by atoms with van der Waals surface area (Å²) in [6.07, 6.45) is 1.30. The predicted molar refractivity (Wildman–Crippen MR) is 128 cm³/mol. The number of amides is 2. The Kier molecular flexibility index (Phi) is 6.23. The van der Waals surface area contributed by atoms with Gasteiger partial charge in [-0.25, -0.2) is 4.79 Å². The first-order valence-electron chi connectivity index (χ1n) is 12.1.